The molecule has 0 aromatic carbocycles. The fourth-order valence-corrected chi connectivity index (χ4v) is 0.448. The quantitative estimate of drug-likeness (QED) is 0.579. The first-order chi connectivity index (χ1) is 6.81. The van der Waals surface area contributed by atoms with Crippen LogP contribution in [0.1, 0.15) is 53.5 Å². The first kappa shape index (κ1) is 18.8. The van der Waals surface area contributed by atoms with Crippen molar-refractivity contribution in [1.82, 2.24) is 4.98 Å². The van der Waals surface area contributed by atoms with Crippen molar-refractivity contribution in [2.24, 2.45) is 0 Å². The number of aromatic nitrogens is 1. The lowest BCUT2D eigenvalue weighted by Gasteiger charge is -1.82. The van der Waals surface area contributed by atoms with E-state index in [1.807, 2.05) is 52.9 Å². The molecule has 84 valence electrons. The summed E-state index contributed by atoms with van der Waals surface area (Å²) >= 11 is 0. The van der Waals surface area contributed by atoms with Crippen LogP contribution in [0.25, 0.3) is 0 Å². The Kier molecular flexibility index (Phi) is 30.6. The molecule has 1 heterocycles. The summed E-state index contributed by atoms with van der Waals surface area (Å²) < 4.78 is 0. The van der Waals surface area contributed by atoms with Gasteiger partial charge >= 0.3 is 0 Å². The number of pyridine rings is 1. The second kappa shape index (κ2) is 22.7. The van der Waals surface area contributed by atoms with Gasteiger partial charge in [-0.15, -0.1) is 0 Å². The SMILES string of the molecule is CC.CC.CCC.Cc1cccnc1. The van der Waals surface area contributed by atoms with Crippen molar-refractivity contribution >= 4 is 0 Å². The molecular weight excluding hydrogens is 170 g/mol. The molecule has 0 N–H and O–H groups in total. The molecular formula is C13H27N. The van der Waals surface area contributed by atoms with Gasteiger partial charge in [0, 0.05) is 12.4 Å². The number of aryl methyl sites for hydroxylation is 1. The summed E-state index contributed by atoms with van der Waals surface area (Å²) in [5, 5.41) is 0. The Bertz CT molecular complexity index is 147. The molecule has 0 bridgehead atoms. The van der Waals surface area contributed by atoms with Crippen LogP contribution in [0, 0.1) is 6.92 Å². The molecule has 0 fully saturated rings. The zero-order valence-corrected chi connectivity index (χ0v) is 11.0. The average Bonchev–Trinajstić information content (AvgIpc) is 2.26. The van der Waals surface area contributed by atoms with Gasteiger partial charge in [-0.05, 0) is 18.6 Å². The van der Waals surface area contributed by atoms with Gasteiger partial charge in [-0.2, -0.15) is 0 Å². The number of hydrogen-bond acceptors (Lipinski definition) is 1. The number of hydrogen-bond donors (Lipinski definition) is 0. The lowest BCUT2D eigenvalue weighted by molar-refractivity contribution is 1.09. The highest BCUT2D eigenvalue weighted by molar-refractivity contribution is 5.04. The Labute approximate surface area is 90.6 Å². The van der Waals surface area contributed by atoms with Crippen LogP contribution in [0.15, 0.2) is 24.5 Å². The standard InChI is InChI=1S/C6H7N.C3H8.2C2H6/c1-6-3-2-4-7-5-6;1-3-2;2*1-2/h2-5H,1H3;3H2,1-2H3;2*1-2H3. The van der Waals surface area contributed by atoms with Gasteiger partial charge in [0.2, 0.25) is 0 Å². The van der Waals surface area contributed by atoms with Gasteiger partial charge in [0.25, 0.3) is 0 Å². The molecule has 1 rings (SSSR count). The van der Waals surface area contributed by atoms with E-state index in [2.05, 4.69) is 18.8 Å². The number of rotatable bonds is 0. The summed E-state index contributed by atoms with van der Waals surface area (Å²) in [6.07, 6.45) is 4.85. The van der Waals surface area contributed by atoms with E-state index >= 15 is 0 Å². The maximum absolute atomic E-state index is 3.88. The molecule has 1 nitrogen and oxygen atoms in total. The molecule has 0 aliphatic rings. The topological polar surface area (TPSA) is 12.9 Å². The zero-order chi connectivity index (χ0) is 11.8. The molecule has 0 aliphatic carbocycles. The molecule has 14 heavy (non-hydrogen) atoms. The second-order valence-corrected chi connectivity index (χ2v) is 2.24. The maximum Gasteiger partial charge on any atom is 0.0297 e. The van der Waals surface area contributed by atoms with Gasteiger partial charge in [-0.25, -0.2) is 0 Å². The molecule has 1 aromatic heterocycles. The van der Waals surface area contributed by atoms with Crippen LogP contribution >= 0.6 is 0 Å². The van der Waals surface area contributed by atoms with Crippen molar-refractivity contribution in [1.29, 1.82) is 0 Å². The van der Waals surface area contributed by atoms with Crippen molar-refractivity contribution in [3.05, 3.63) is 30.1 Å². The third-order valence-electron chi connectivity index (χ3n) is 0.809. The van der Waals surface area contributed by atoms with E-state index in [1.54, 1.807) is 6.20 Å². The van der Waals surface area contributed by atoms with E-state index in [4.69, 9.17) is 0 Å². The van der Waals surface area contributed by atoms with Gasteiger partial charge in [-0.3, -0.25) is 4.98 Å². The third-order valence-corrected chi connectivity index (χ3v) is 0.809. The Hall–Kier alpha value is -0.850. The highest BCUT2D eigenvalue weighted by atomic mass is 14.6. The summed E-state index contributed by atoms with van der Waals surface area (Å²) in [6, 6.07) is 3.95. The van der Waals surface area contributed by atoms with Crippen LogP contribution < -0.4 is 0 Å². The third kappa shape index (κ3) is 22.5. The average molecular weight is 197 g/mol. The van der Waals surface area contributed by atoms with Crippen molar-refractivity contribution in [3.8, 4) is 0 Å². The Morgan fingerprint density at radius 1 is 1.07 bits per heavy atom. The van der Waals surface area contributed by atoms with E-state index in [-0.39, 0.29) is 0 Å². The summed E-state index contributed by atoms with van der Waals surface area (Å²) in [6.45, 7) is 14.3. The van der Waals surface area contributed by atoms with Crippen LogP contribution in [0.3, 0.4) is 0 Å². The fourth-order valence-electron chi connectivity index (χ4n) is 0.448. The van der Waals surface area contributed by atoms with Crippen LogP contribution in [-0.2, 0) is 0 Å². The summed E-state index contributed by atoms with van der Waals surface area (Å²) in [4.78, 5) is 3.88. The highest BCUT2D eigenvalue weighted by Crippen LogP contribution is 1.88. The maximum atomic E-state index is 3.88. The van der Waals surface area contributed by atoms with Gasteiger partial charge in [0.15, 0.2) is 0 Å². The minimum atomic E-state index is 1.21. The molecule has 0 spiro atoms. The molecule has 0 saturated carbocycles. The Morgan fingerprint density at radius 3 is 1.64 bits per heavy atom. The number of nitrogens with zero attached hydrogens (tertiary/aromatic N) is 1. The zero-order valence-electron chi connectivity index (χ0n) is 11.0. The van der Waals surface area contributed by atoms with Crippen molar-refractivity contribution in [2.45, 2.75) is 54.9 Å². The molecule has 0 amide bonds. The fraction of sp³-hybridized carbons (Fsp3) is 0.615. The summed E-state index contributed by atoms with van der Waals surface area (Å²) in [5.74, 6) is 0. The van der Waals surface area contributed by atoms with E-state index in [9.17, 15) is 0 Å². The van der Waals surface area contributed by atoms with E-state index in [0.29, 0.717) is 0 Å². The molecule has 0 unspecified atom stereocenters. The molecule has 0 saturated heterocycles. The molecule has 0 radical (unpaired) electrons. The molecule has 0 aliphatic heterocycles. The molecule has 0 atom stereocenters. The normalized spacial score (nSPS) is 6.50. The minimum absolute atomic E-state index is 1.21. The van der Waals surface area contributed by atoms with E-state index in [1.165, 1.54) is 12.0 Å². The first-order valence-corrected chi connectivity index (χ1v) is 5.67. The summed E-state index contributed by atoms with van der Waals surface area (Å²) in [7, 11) is 0. The van der Waals surface area contributed by atoms with Gasteiger partial charge in [-0.1, -0.05) is 54.0 Å². The van der Waals surface area contributed by atoms with Gasteiger partial charge in [0.1, 0.15) is 0 Å². The molecule has 1 heteroatoms. The van der Waals surface area contributed by atoms with Gasteiger partial charge in [0.05, 0.1) is 0 Å². The lowest BCUT2D eigenvalue weighted by atomic mass is 10.3. The van der Waals surface area contributed by atoms with E-state index in [0.717, 1.165) is 0 Å². The van der Waals surface area contributed by atoms with Crippen LogP contribution in [-0.4, -0.2) is 4.98 Å². The van der Waals surface area contributed by atoms with Crippen molar-refractivity contribution in [3.63, 3.8) is 0 Å². The molecule has 1 aromatic rings. The largest absolute Gasteiger partial charge is 0.264 e. The van der Waals surface area contributed by atoms with E-state index < -0.39 is 0 Å². The van der Waals surface area contributed by atoms with Crippen LogP contribution in [0.4, 0.5) is 0 Å². The highest BCUT2D eigenvalue weighted by Gasteiger charge is 1.73. The Balaban J connectivity index is -0.000000148. The minimum Gasteiger partial charge on any atom is -0.264 e. The van der Waals surface area contributed by atoms with Crippen molar-refractivity contribution in [2.75, 3.05) is 0 Å². The van der Waals surface area contributed by atoms with Crippen molar-refractivity contribution < 1.29 is 0 Å². The monoisotopic (exact) mass is 197 g/mol. The van der Waals surface area contributed by atoms with Crippen LogP contribution in [0.5, 0.6) is 0 Å². The summed E-state index contributed by atoms with van der Waals surface area (Å²) in [5.41, 5.74) is 1.21. The predicted molar refractivity (Wildman–Crippen MR) is 67.6 cm³/mol. The predicted octanol–water partition coefficient (Wildman–Crippen LogP) is 4.86. The lowest BCUT2D eigenvalue weighted by Crippen LogP contribution is -1.69. The smallest absolute Gasteiger partial charge is 0.0297 e. The van der Waals surface area contributed by atoms with Gasteiger partial charge < -0.3 is 0 Å². The Morgan fingerprint density at radius 2 is 1.50 bits per heavy atom. The first-order valence-electron chi connectivity index (χ1n) is 5.67. The van der Waals surface area contributed by atoms with Crippen LogP contribution in [0.2, 0.25) is 0 Å². The second-order valence-electron chi connectivity index (χ2n) is 2.24.